The van der Waals surface area contributed by atoms with Gasteiger partial charge in [0.15, 0.2) is 5.16 Å². The van der Waals surface area contributed by atoms with Crippen LogP contribution in [0.15, 0.2) is 70.5 Å². The molecule has 0 amide bonds. The van der Waals surface area contributed by atoms with Crippen molar-refractivity contribution < 1.29 is 9.26 Å². The first-order valence-corrected chi connectivity index (χ1v) is 9.21. The smallest absolute Gasteiger partial charge is 0.237 e. The predicted octanol–water partition coefficient (Wildman–Crippen LogP) is 3.61. The zero-order valence-electron chi connectivity index (χ0n) is 14.6. The topological polar surface area (TPSA) is 92.0 Å². The molecule has 2 heterocycles. The summed E-state index contributed by atoms with van der Waals surface area (Å²) < 4.78 is 12.1. The number of imidazole rings is 1. The van der Waals surface area contributed by atoms with Gasteiger partial charge in [0, 0.05) is 11.1 Å². The average Bonchev–Trinajstić information content (AvgIpc) is 3.34. The molecular weight excluding hydrogens is 362 g/mol. The van der Waals surface area contributed by atoms with E-state index >= 15 is 0 Å². The molecule has 0 atom stereocenters. The number of nitrogens with zero attached hydrogens (tertiary/aromatic N) is 4. The van der Waals surface area contributed by atoms with Crippen molar-refractivity contribution in [2.75, 3.05) is 13.0 Å². The number of thioether (sulfide) groups is 1. The van der Waals surface area contributed by atoms with Gasteiger partial charge in [-0.25, -0.2) is 9.66 Å². The van der Waals surface area contributed by atoms with Crippen LogP contribution in [0.3, 0.4) is 0 Å². The molecule has 0 fully saturated rings. The van der Waals surface area contributed by atoms with Crippen LogP contribution in [-0.4, -0.2) is 26.9 Å². The standard InChI is InChI=1S/C19H17N5O2S/c1-25-15-9-5-8-14(10-15)18-22-17(26-23-18)12-27-19-21-16(11-24(19)20)13-6-3-2-4-7-13/h2-11H,12,20H2,1H3. The van der Waals surface area contributed by atoms with E-state index in [2.05, 4.69) is 15.1 Å². The van der Waals surface area contributed by atoms with Gasteiger partial charge in [-0.3, -0.25) is 0 Å². The largest absolute Gasteiger partial charge is 0.497 e. The molecule has 0 radical (unpaired) electrons. The number of nitrogens with two attached hydrogens (primary N) is 1. The first-order chi connectivity index (χ1) is 13.2. The maximum absolute atomic E-state index is 6.02. The number of hydrogen-bond donors (Lipinski definition) is 1. The Morgan fingerprint density at radius 2 is 1.89 bits per heavy atom. The zero-order valence-corrected chi connectivity index (χ0v) is 15.4. The van der Waals surface area contributed by atoms with E-state index in [0.717, 1.165) is 22.6 Å². The molecule has 2 aromatic carbocycles. The third-order valence-electron chi connectivity index (χ3n) is 3.89. The van der Waals surface area contributed by atoms with Gasteiger partial charge < -0.3 is 15.1 Å². The SMILES string of the molecule is COc1cccc(-c2noc(CSc3nc(-c4ccccc4)cn3N)n2)c1. The molecule has 136 valence electrons. The molecule has 2 aromatic heterocycles. The minimum atomic E-state index is 0.472. The Hall–Kier alpha value is -3.26. The molecule has 0 spiro atoms. The molecule has 7 nitrogen and oxygen atoms in total. The second-order valence-electron chi connectivity index (χ2n) is 5.71. The second-order valence-corrected chi connectivity index (χ2v) is 6.66. The molecule has 0 saturated heterocycles. The number of methoxy groups -OCH3 is 1. The van der Waals surface area contributed by atoms with Gasteiger partial charge in [0.25, 0.3) is 0 Å². The quantitative estimate of drug-likeness (QED) is 0.404. The Morgan fingerprint density at radius 1 is 1.07 bits per heavy atom. The van der Waals surface area contributed by atoms with Gasteiger partial charge in [-0.1, -0.05) is 59.4 Å². The van der Waals surface area contributed by atoms with E-state index in [1.165, 1.54) is 16.4 Å². The van der Waals surface area contributed by atoms with Gasteiger partial charge in [0.1, 0.15) is 5.75 Å². The third-order valence-corrected chi connectivity index (χ3v) is 4.84. The van der Waals surface area contributed by atoms with Crippen LogP contribution < -0.4 is 10.6 Å². The van der Waals surface area contributed by atoms with Gasteiger partial charge in [-0.2, -0.15) is 4.98 Å². The van der Waals surface area contributed by atoms with E-state index in [1.54, 1.807) is 13.3 Å². The lowest BCUT2D eigenvalue weighted by molar-refractivity contribution is 0.391. The van der Waals surface area contributed by atoms with E-state index in [4.69, 9.17) is 15.1 Å². The molecule has 0 aliphatic rings. The van der Waals surface area contributed by atoms with E-state index in [1.807, 2.05) is 54.6 Å². The average molecular weight is 379 g/mol. The molecule has 0 unspecified atom stereocenters. The van der Waals surface area contributed by atoms with E-state index in [0.29, 0.717) is 22.6 Å². The van der Waals surface area contributed by atoms with Gasteiger partial charge in [-0.05, 0) is 12.1 Å². The van der Waals surface area contributed by atoms with Crippen molar-refractivity contribution in [2.24, 2.45) is 0 Å². The molecule has 0 saturated carbocycles. The number of nitrogen functional groups attached to an aromatic ring is 1. The van der Waals surface area contributed by atoms with Crippen LogP contribution in [0.25, 0.3) is 22.6 Å². The van der Waals surface area contributed by atoms with Crippen molar-refractivity contribution in [1.29, 1.82) is 0 Å². The lowest BCUT2D eigenvalue weighted by Gasteiger charge is -1.99. The van der Waals surface area contributed by atoms with Crippen molar-refractivity contribution in [3.8, 4) is 28.4 Å². The number of hydrogen-bond acceptors (Lipinski definition) is 7. The molecule has 27 heavy (non-hydrogen) atoms. The van der Waals surface area contributed by atoms with Crippen LogP contribution in [-0.2, 0) is 5.75 Å². The summed E-state index contributed by atoms with van der Waals surface area (Å²) in [4.78, 5) is 9.01. The summed E-state index contributed by atoms with van der Waals surface area (Å²) in [5, 5.41) is 4.71. The molecule has 4 aromatic rings. The van der Waals surface area contributed by atoms with Gasteiger partial charge in [0.2, 0.25) is 11.7 Å². The first-order valence-electron chi connectivity index (χ1n) is 8.22. The van der Waals surface area contributed by atoms with Crippen LogP contribution in [0.1, 0.15) is 5.89 Å². The monoisotopic (exact) mass is 379 g/mol. The summed E-state index contributed by atoms with van der Waals surface area (Å²) >= 11 is 1.44. The summed E-state index contributed by atoms with van der Waals surface area (Å²) in [6, 6.07) is 17.4. The highest BCUT2D eigenvalue weighted by Crippen LogP contribution is 2.26. The fourth-order valence-electron chi connectivity index (χ4n) is 2.55. The van der Waals surface area contributed by atoms with Crippen molar-refractivity contribution in [3.63, 3.8) is 0 Å². The van der Waals surface area contributed by atoms with Gasteiger partial charge >= 0.3 is 0 Å². The lowest BCUT2D eigenvalue weighted by atomic mass is 10.2. The summed E-state index contributed by atoms with van der Waals surface area (Å²) in [7, 11) is 1.62. The number of ether oxygens (including phenoxy) is 1. The maximum atomic E-state index is 6.02. The van der Waals surface area contributed by atoms with Crippen LogP contribution in [0, 0.1) is 0 Å². The molecule has 0 aliphatic carbocycles. The minimum absolute atomic E-state index is 0.472. The van der Waals surface area contributed by atoms with Gasteiger partial charge in [0.05, 0.1) is 24.8 Å². The normalized spacial score (nSPS) is 10.9. The molecule has 8 heteroatoms. The number of aromatic nitrogens is 4. The first kappa shape index (κ1) is 17.2. The van der Waals surface area contributed by atoms with Gasteiger partial charge in [-0.15, -0.1) is 0 Å². The lowest BCUT2D eigenvalue weighted by Crippen LogP contribution is -2.07. The molecule has 0 aliphatic heterocycles. The molecular formula is C19H17N5O2S. The summed E-state index contributed by atoms with van der Waals surface area (Å²) in [5.41, 5.74) is 2.67. The number of rotatable bonds is 6. The second kappa shape index (κ2) is 7.55. The summed E-state index contributed by atoms with van der Waals surface area (Å²) in [5.74, 6) is 8.26. The van der Waals surface area contributed by atoms with Crippen LogP contribution in [0.4, 0.5) is 0 Å². The fraction of sp³-hybridized carbons (Fsp3) is 0.105. The van der Waals surface area contributed by atoms with E-state index in [9.17, 15) is 0 Å². The van der Waals surface area contributed by atoms with Crippen molar-refractivity contribution >= 4 is 11.8 Å². The Bertz CT molecular complexity index is 1050. The molecule has 4 rings (SSSR count). The van der Waals surface area contributed by atoms with Crippen LogP contribution in [0.5, 0.6) is 5.75 Å². The zero-order chi connectivity index (χ0) is 18.6. The highest BCUT2D eigenvalue weighted by molar-refractivity contribution is 7.98. The van der Waals surface area contributed by atoms with E-state index < -0.39 is 0 Å². The Morgan fingerprint density at radius 3 is 2.70 bits per heavy atom. The third kappa shape index (κ3) is 3.80. The highest BCUT2D eigenvalue weighted by Gasteiger charge is 2.13. The maximum Gasteiger partial charge on any atom is 0.237 e. The Balaban J connectivity index is 1.47. The minimum Gasteiger partial charge on any atom is -0.497 e. The van der Waals surface area contributed by atoms with Crippen LogP contribution in [0.2, 0.25) is 0 Å². The summed E-state index contributed by atoms with van der Waals surface area (Å²) in [6.07, 6.45) is 1.80. The van der Waals surface area contributed by atoms with Crippen molar-refractivity contribution in [3.05, 3.63) is 66.7 Å². The highest BCUT2D eigenvalue weighted by atomic mass is 32.2. The fourth-order valence-corrected chi connectivity index (χ4v) is 3.29. The van der Waals surface area contributed by atoms with Crippen molar-refractivity contribution in [2.45, 2.75) is 10.9 Å². The predicted molar refractivity (Wildman–Crippen MR) is 104 cm³/mol. The number of benzene rings is 2. The van der Waals surface area contributed by atoms with Crippen molar-refractivity contribution in [1.82, 2.24) is 19.8 Å². The Labute approximate surface area is 160 Å². The summed E-state index contributed by atoms with van der Waals surface area (Å²) in [6.45, 7) is 0. The Kier molecular flexibility index (Phi) is 4.80. The van der Waals surface area contributed by atoms with E-state index in [-0.39, 0.29) is 0 Å². The molecule has 0 bridgehead atoms. The molecule has 2 N–H and O–H groups in total. The van der Waals surface area contributed by atoms with Crippen LogP contribution >= 0.6 is 11.8 Å².